The van der Waals surface area contributed by atoms with Crippen LogP contribution < -0.4 is 0 Å². The summed E-state index contributed by atoms with van der Waals surface area (Å²) in [5.74, 6) is -0.245. The summed E-state index contributed by atoms with van der Waals surface area (Å²) >= 11 is 3.23. The van der Waals surface area contributed by atoms with Crippen LogP contribution in [0.15, 0.2) is 10.5 Å². The van der Waals surface area contributed by atoms with Crippen molar-refractivity contribution in [3.63, 3.8) is 0 Å². The van der Waals surface area contributed by atoms with E-state index in [4.69, 9.17) is 13.9 Å². The van der Waals surface area contributed by atoms with Crippen molar-refractivity contribution in [2.24, 2.45) is 0 Å². The van der Waals surface area contributed by atoms with Crippen molar-refractivity contribution >= 4 is 27.9 Å². The van der Waals surface area contributed by atoms with E-state index in [-0.39, 0.29) is 24.9 Å². The van der Waals surface area contributed by atoms with Gasteiger partial charge in [0.05, 0.1) is 11.9 Å². The Balaban J connectivity index is 2.82. The maximum atomic E-state index is 11.4. The van der Waals surface area contributed by atoms with E-state index in [1.807, 2.05) is 0 Å². The number of hydrogen-bond acceptors (Lipinski definition) is 5. The first-order valence-electron chi connectivity index (χ1n) is 5.06. The number of rotatable bonds is 5. The van der Waals surface area contributed by atoms with Crippen molar-refractivity contribution in [1.82, 2.24) is 0 Å². The molecule has 1 aromatic heterocycles. The van der Waals surface area contributed by atoms with Crippen LogP contribution >= 0.6 is 15.9 Å². The molecule has 0 amide bonds. The summed E-state index contributed by atoms with van der Waals surface area (Å²) < 4.78 is 15.0. The molecule has 94 valence electrons. The third-order valence-corrected chi connectivity index (χ3v) is 2.43. The Bertz CT molecular complexity index is 410. The molecule has 0 saturated heterocycles. The average molecular weight is 305 g/mol. The molecule has 0 aliphatic heterocycles. The number of esters is 2. The monoisotopic (exact) mass is 304 g/mol. The lowest BCUT2D eigenvalue weighted by Crippen LogP contribution is -2.03. The van der Waals surface area contributed by atoms with Gasteiger partial charge in [-0.25, -0.2) is 4.79 Å². The Morgan fingerprint density at radius 2 is 2.12 bits per heavy atom. The van der Waals surface area contributed by atoms with Crippen LogP contribution in [0, 0.1) is 0 Å². The molecular weight excluding hydrogens is 292 g/mol. The standard InChI is InChI=1S/C11H13BrO5/c1-3-15-11(14)9-4-8(6-16-7(2)13)10(5-12)17-9/h4H,3,5-6H2,1-2H3. The molecule has 17 heavy (non-hydrogen) atoms. The summed E-state index contributed by atoms with van der Waals surface area (Å²) in [7, 11) is 0. The highest BCUT2D eigenvalue weighted by atomic mass is 79.9. The molecule has 0 N–H and O–H groups in total. The van der Waals surface area contributed by atoms with E-state index in [9.17, 15) is 9.59 Å². The van der Waals surface area contributed by atoms with Gasteiger partial charge in [-0.2, -0.15) is 0 Å². The van der Waals surface area contributed by atoms with Crippen molar-refractivity contribution in [3.05, 3.63) is 23.2 Å². The number of ether oxygens (including phenoxy) is 2. The first kappa shape index (κ1) is 13.8. The van der Waals surface area contributed by atoms with Crippen LogP contribution in [-0.2, 0) is 26.2 Å². The van der Waals surface area contributed by atoms with Crippen LogP contribution in [0.25, 0.3) is 0 Å². The second-order valence-corrected chi connectivity index (χ2v) is 3.75. The van der Waals surface area contributed by atoms with Gasteiger partial charge in [0.2, 0.25) is 5.76 Å². The third-order valence-electron chi connectivity index (χ3n) is 1.93. The number of carbonyl (C=O) groups excluding carboxylic acids is 2. The topological polar surface area (TPSA) is 65.7 Å². The van der Waals surface area contributed by atoms with Crippen LogP contribution in [0.3, 0.4) is 0 Å². The van der Waals surface area contributed by atoms with Gasteiger partial charge in [-0.15, -0.1) is 0 Å². The summed E-state index contributed by atoms with van der Waals surface area (Å²) in [5.41, 5.74) is 0.653. The normalized spacial score (nSPS) is 10.1. The minimum Gasteiger partial charge on any atom is -0.461 e. The van der Waals surface area contributed by atoms with Gasteiger partial charge in [-0.05, 0) is 13.0 Å². The molecule has 0 fully saturated rings. The predicted octanol–water partition coefficient (Wildman–Crippen LogP) is 2.41. The van der Waals surface area contributed by atoms with E-state index >= 15 is 0 Å². The molecular formula is C11H13BrO5. The van der Waals surface area contributed by atoms with E-state index in [1.165, 1.54) is 13.0 Å². The molecule has 0 aliphatic rings. The van der Waals surface area contributed by atoms with E-state index in [1.54, 1.807) is 6.92 Å². The number of carbonyl (C=O) groups is 2. The van der Waals surface area contributed by atoms with Crippen LogP contribution in [0.5, 0.6) is 0 Å². The molecule has 0 aromatic carbocycles. The molecule has 1 heterocycles. The van der Waals surface area contributed by atoms with Gasteiger partial charge in [0.1, 0.15) is 12.4 Å². The lowest BCUT2D eigenvalue weighted by Gasteiger charge is -1.99. The maximum Gasteiger partial charge on any atom is 0.374 e. The highest BCUT2D eigenvalue weighted by Gasteiger charge is 2.17. The summed E-state index contributed by atoms with van der Waals surface area (Å²) in [6.07, 6.45) is 0. The molecule has 0 spiro atoms. The second-order valence-electron chi connectivity index (χ2n) is 3.19. The zero-order valence-corrected chi connectivity index (χ0v) is 11.2. The van der Waals surface area contributed by atoms with Gasteiger partial charge in [-0.3, -0.25) is 4.79 Å². The molecule has 0 atom stereocenters. The third kappa shape index (κ3) is 3.89. The predicted molar refractivity (Wildman–Crippen MR) is 62.8 cm³/mol. The van der Waals surface area contributed by atoms with Crippen LogP contribution in [-0.4, -0.2) is 18.5 Å². The zero-order chi connectivity index (χ0) is 12.8. The molecule has 5 nitrogen and oxygen atoms in total. The smallest absolute Gasteiger partial charge is 0.374 e. The van der Waals surface area contributed by atoms with Crippen molar-refractivity contribution in [2.75, 3.05) is 6.61 Å². The van der Waals surface area contributed by atoms with Crippen molar-refractivity contribution in [1.29, 1.82) is 0 Å². The number of furan rings is 1. The maximum absolute atomic E-state index is 11.4. The summed E-state index contributed by atoms with van der Waals surface area (Å²) in [6.45, 7) is 3.40. The fraction of sp³-hybridized carbons (Fsp3) is 0.455. The lowest BCUT2D eigenvalue weighted by atomic mass is 10.2. The molecule has 1 aromatic rings. The van der Waals surface area contributed by atoms with Gasteiger partial charge in [0.15, 0.2) is 0 Å². The highest BCUT2D eigenvalue weighted by molar-refractivity contribution is 9.08. The Hall–Kier alpha value is -1.30. The highest BCUT2D eigenvalue weighted by Crippen LogP contribution is 2.20. The molecule has 0 saturated carbocycles. The first-order valence-corrected chi connectivity index (χ1v) is 6.18. The van der Waals surface area contributed by atoms with Crippen LogP contribution in [0.2, 0.25) is 0 Å². The van der Waals surface area contributed by atoms with Crippen molar-refractivity contribution in [2.45, 2.75) is 25.8 Å². The zero-order valence-electron chi connectivity index (χ0n) is 9.62. The molecule has 6 heteroatoms. The number of alkyl halides is 1. The SMILES string of the molecule is CCOC(=O)c1cc(COC(C)=O)c(CBr)o1. The second kappa shape index (κ2) is 6.44. The van der Waals surface area contributed by atoms with Gasteiger partial charge < -0.3 is 13.9 Å². The first-order chi connectivity index (χ1) is 8.08. The van der Waals surface area contributed by atoms with Gasteiger partial charge in [0, 0.05) is 12.5 Å². The molecule has 0 unspecified atom stereocenters. The Kier molecular flexibility index (Phi) is 5.21. The summed E-state index contributed by atoms with van der Waals surface area (Å²) in [4.78, 5) is 22.1. The Labute approximate surface area is 107 Å². The summed E-state index contributed by atoms with van der Waals surface area (Å²) in [5, 5.41) is 0.434. The van der Waals surface area contributed by atoms with Gasteiger partial charge in [-0.1, -0.05) is 15.9 Å². The fourth-order valence-electron chi connectivity index (χ4n) is 1.18. The fourth-order valence-corrected chi connectivity index (χ4v) is 1.66. The number of halogens is 1. The molecule has 0 aliphatic carbocycles. The van der Waals surface area contributed by atoms with Gasteiger partial charge in [0.25, 0.3) is 0 Å². The van der Waals surface area contributed by atoms with Gasteiger partial charge >= 0.3 is 11.9 Å². The van der Waals surface area contributed by atoms with Crippen LogP contribution in [0.4, 0.5) is 0 Å². The van der Waals surface area contributed by atoms with E-state index < -0.39 is 5.97 Å². The average Bonchev–Trinajstić information content (AvgIpc) is 2.69. The quantitative estimate of drug-likeness (QED) is 0.617. The lowest BCUT2D eigenvalue weighted by molar-refractivity contribution is -0.142. The van der Waals surface area contributed by atoms with E-state index in [0.29, 0.717) is 16.7 Å². The number of hydrogen-bond donors (Lipinski definition) is 0. The van der Waals surface area contributed by atoms with E-state index in [0.717, 1.165) is 0 Å². The van der Waals surface area contributed by atoms with Crippen LogP contribution in [0.1, 0.15) is 35.7 Å². The van der Waals surface area contributed by atoms with E-state index in [2.05, 4.69) is 15.9 Å². The molecule has 0 bridgehead atoms. The minimum absolute atomic E-state index is 0.0825. The molecule has 1 rings (SSSR count). The Morgan fingerprint density at radius 3 is 2.65 bits per heavy atom. The van der Waals surface area contributed by atoms with Crippen molar-refractivity contribution in [3.8, 4) is 0 Å². The largest absolute Gasteiger partial charge is 0.461 e. The minimum atomic E-state index is -0.524. The Morgan fingerprint density at radius 1 is 1.41 bits per heavy atom. The van der Waals surface area contributed by atoms with Crippen molar-refractivity contribution < 1.29 is 23.5 Å². The summed E-state index contributed by atoms with van der Waals surface area (Å²) in [6, 6.07) is 1.53. The molecule has 0 radical (unpaired) electrons.